The number of carbonyl (C=O) groups is 2. The van der Waals surface area contributed by atoms with E-state index in [9.17, 15) is 14.7 Å². The first-order chi connectivity index (χ1) is 12.5. The Morgan fingerprint density at radius 3 is 2.46 bits per heavy atom. The first kappa shape index (κ1) is 17.5. The van der Waals surface area contributed by atoms with Gasteiger partial charge in [0.2, 0.25) is 0 Å². The molecule has 0 saturated heterocycles. The van der Waals surface area contributed by atoms with Gasteiger partial charge in [0.1, 0.15) is 18.1 Å². The second kappa shape index (κ2) is 7.74. The predicted octanol–water partition coefficient (Wildman–Crippen LogP) is 3.78. The summed E-state index contributed by atoms with van der Waals surface area (Å²) < 4.78 is 7.43. The summed E-state index contributed by atoms with van der Waals surface area (Å²) in [4.78, 5) is 22.2. The molecule has 0 aliphatic heterocycles. The van der Waals surface area contributed by atoms with Gasteiger partial charge in [0.25, 0.3) is 0 Å². The Balaban J connectivity index is 1.82. The lowest BCUT2D eigenvalue weighted by Gasteiger charge is -2.09. The van der Waals surface area contributed by atoms with E-state index in [1.807, 2.05) is 36.4 Å². The number of hydrogen-bond acceptors (Lipinski definition) is 3. The summed E-state index contributed by atoms with van der Waals surface area (Å²) in [5.74, 6) is -1.28. The zero-order valence-electron chi connectivity index (χ0n) is 14.1. The Hall–Kier alpha value is -3.28. The molecule has 0 fully saturated rings. The SMILES string of the molecule is O=C(O)CCCn1c(C(=O)O)cc2cc(OCc3ccccc3)ccc21. The molecule has 0 saturated carbocycles. The lowest BCUT2D eigenvalue weighted by Crippen LogP contribution is -2.09. The lowest BCUT2D eigenvalue weighted by molar-refractivity contribution is -0.137. The summed E-state index contributed by atoms with van der Waals surface area (Å²) in [5.41, 5.74) is 1.94. The third kappa shape index (κ3) is 4.03. The first-order valence-electron chi connectivity index (χ1n) is 8.29. The van der Waals surface area contributed by atoms with Gasteiger partial charge in [0.05, 0.1) is 0 Å². The average Bonchev–Trinajstić information content (AvgIpc) is 2.99. The zero-order valence-corrected chi connectivity index (χ0v) is 14.1. The molecule has 1 aromatic heterocycles. The molecule has 0 bridgehead atoms. The van der Waals surface area contributed by atoms with Crippen molar-refractivity contribution in [3.05, 3.63) is 65.9 Å². The van der Waals surface area contributed by atoms with Crippen molar-refractivity contribution >= 4 is 22.8 Å². The monoisotopic (exact) mass is 353 g/mol. The van der Waals surface area contributed by atoms with Crippen LogP contribution >= 0.6 is 0 Å². The van der Waals surface area contributed by atoms with Crippen LogP contribution in [0.1, 0.15) is 28.9 Å². The van der Waals surface area contributed by atoms with Gasteiger partial charge < -0.3 is 19.5 Å². The van der Waals surface area contributed by atoms with E-state index in [0.717, 1.165) is 16.5 Å². The van der Waals surface area contributed by atoms with Crippen molar-refractivity contribution in [2.75, 3.05) is 0 Å². The molecule has 0 unspecified atom stereocenters. The summed E-state index contributed by atoms with van der Waals surface area (Å²) in [5, 5.41) is 19.0. The zero-order chi connectivity index (χ0) is 18.5. The number of carboxylic acid groups (broad SMARTS) is 2. The van der Waals surface area contributed by atoms with Crippen molar-refractivity contribution in [3.8, 4) is 5.75 Å². The van der Waals surface area contributed by atoms with Gasteiger partial charge in [-0.05, 0) is 36.2 Å². The number of aryl methyl sites for hydroxylation is 1. The molecule has 3 rings (SSSR count). The van der Waals surface area contributed by atoms with Crippen molar-refractivity contribution < 1.29 is 24.5 Å². The topological polar surface area (TPSA) is 88.8 Å². The molecular formula is C20H19NO5. The molecule has 2 aromatic carbocycles. The fraction of sp³-hybridized carbons (Fsp3) is 0.200. The Morgan fingerprint density at radius 1 is 1.00 bits per heavy atom. The van der Waals surface area contributed by atoms with Crippen LogP contribution in [0, 0.1) is 0 Å². The number of rotatable bonds is 8. The summed E-state index contributed by atoms with van der Waals surface area (Å²) in [7, 11) is 0. The number of carboxylic acids is 2. The van der Waals surface area contributed by atoms with E-state index in [-0.39, 0.29) is 12.1 Å². The maximum Gasteiger partial charge on any atom is 0.352 e. The van der Waals surface area contributed by atoms with Gasteiger partial charge >= 0.3 is 11.9 Å². The van der Waals surface area contributed by atoms with Crippen LogP contribution in [0.2, 0.25) is 0 Å². The number of nitrogens with zero attached hydrogens (tertiary/aromatic N) is 1. The maximum atomic E-state index is 11.5. The highest BCUT2D eigenvalue weighted by Crippen LogP contribution is 2.26. The van der Waals surface area contributed by atoms with Gasteiger partial charge in [0.15, 0.2) is 0 Å². The summed E-state index contributed by atoms with van der Waals surface area (Å²) >= 11 is 0. The minimum Gasteiger partial charge on any atom is -0.489 e. The molecule has 26 heavy (non-hydrogen) atoms. The standard InChI is InChI=1S/C20H19NO5/c22-19(23)7-4-10-21-17-9-8-16(11-15(17)12-18(21)20(24)25)26-13-14-5-2-1-3-6-14/h1-3,5-6,8-9,11-12H,4,7,10,13H2,(H,22,23)(H,24,25). The van der Waals surface area contributed by atoms with Crippen LogP contribution in [0.25, 0.3) is 10.9 Å². The fourth-order valence-electron chi connectivity index (χ4n) is 2.89. The number of hydrogen-bond donors (Lipinski definition) is 2. The van der Waals surface area contributed by atoms with Crippen LogP contribution in [0.5, 0.6) is 5.75 Å². The quantitative estimate of drug-likeness (QED) is 0.643. The number of aromatic nitrogens is 1. The largest absolute Gasteiger partial charge is 0.489 e. The van der Waals surface area contributed by atoms with Gasteiger partial charge in [0, 0.05) is 23.9 Å². The lowest BCUT2D eigenvalue weighted by atomic mass is 10.2. The van der Waals surface area contributed by atoms with Crippen molar-refractivity contribution in [2.45, 2.75) is 26.0 Å². The molecule has 1 heterocycles. The average molecular weight is 353 g/mol. The molecule has 0 spiro atoms. The number of ether oxygens (including phenoxy) is 1. The highest BCUT2D eigenvalue weighted by atomic mass is 16.5. The molecule has 0 aliphatic rings. The van der Waals surface area contributed by atoms with Crippen molar-refractivity contribution in [1.29, 1.82) is 0 Å². The summed E-state index contributed by atoms with van der Waals surface area (Å²) in [6.07, 6.45) is 0.364. The van der Waals surface area contributed by atoms with Gasteiger partial charge in [-0.2, -0.15) is 0 Å². The van der Waals surface area contributed by atoms with Gasteiger partial charge in [-0.3, -0.25) is 4.79 Å². The number of fused-ring (bicyclic) bond motifs is 1. The van der Waals surface area contributed by atoms with Crippen molar-refractivity contribution in [2.24, 2.45) is 0 Å². The smallest absolute Gasteiger partial charge is 0.352 e. The molecular weight excluding hydrogens is 334 g/mol. The minimum atomic E-state index is -1.04. The Labute approximate surface area is 150 Å². The number of benzene rings is 2. The van der Waals surface area contributed by atoms with Gasteiger partial charge in [-0.1, -0.05) is 30.3 Å². The third-order valence-electron chi connectivity index (χ3n) is 4.11. The predicted molar refractivity (Wildman–Crippen MR) is 96.5 cm³/mol. The second-order valence-electron chi connectivity index (χ2n) is 5.98. The molecule has 2 N–H and O–H groups in total. The highest BCUT2D eigenvalue weighted by Gasteiger charge is 2.15. The molecule has 134 valence electrons. The van der Waals surface area contributed by atoms with E-state index in [2.05, 4.69) is 0 Å². The van der Waals surface area contributed by atoms with Gasteiger partial charge in [-0.25, -0.2) is 4.79 Å². The third-order valence-corrected chi connectivity index (χ3v) is 4.11. The van der Waals surface area contributed by atoms with Crippen LogP contribution in [0.4, 0.5) is 0 Å². The summed E-state index contributed by atoms with van der Waals surface area (Å²) in [6.45, 7) is 0.763. The molecule has 0 amide bonds. The number of aliphatic carboxylic acids is 1. The van der Waals surface area contributed by atoms with Crippen molar-refractivity contribution in [1.82, 2.24) is 4.57 Å². The van der Waals surface area contributed by atoms with E-state index in [1.54, 1.807) is 22.8 Å². The Bertz CT molecular complexity index is 930. The van der Waals surface area contributed by atoms with E-state index < -0.39 is 11.9 Å². The van der Waals surface area contributed by atoms with Crippen LogP contribution in [-0.2, 0) is 17.9 Å². The Kier molecular flexibility index (Phi) is 5.22. The molecule has 0 atom stereocenters. The molecule has 0 radical (unpaired) electrons. The van der Waals surface area contributed by atoms with Gasteiger partial charge in [-0.15, -0.1) is 0 Å². The molecule has 6 heteroatoms. The maximum absolute atomic E-state index is 11.5. The molecule has 6 nitrogen and oxygen atoms in total. The number of aromatic carboxylic acids is 1. The molecule has 0 aliphatic carbocycles. The second-order valence-corrected chi connectivity index (χ2v) is 5.98. The van der Waals surface area contributed by atoms with Crippen LogP contribution < -0.4 is 4.74 Å². The van der Waals surface area contributed by atoms with Crippen molar-refractivity contribution in [3.63, 3.8) is 0 Å². The van der Waals surface area contributed by atoms with Crippen LogP contribution in [-0.4, -0.2) is 26.7 Å². The Morgan fingerprint density at radius 2 is 1.77 bits per heavy atom. The normalized spacial score (nSPS) is 10.8. The first-order valence-corrected chi connectivity index (χ1v) is 8.29. The van der Waals surface area contributed by atoms with Crippen LogP contribution in [0.15, 0.2) is 54.6 Å². The van der Waals surface area contributed by atoms with E-state index in [0.29, 0.717) is 25.3 Å². The highest BCUT2D eigenvalue weighted by molar-refractivity contribution is 5.95. The summed E-state index contributed by atoms with van der Waals surface area (Å²) in [6, 6.07) is 16.8. The molecule has 3 aromatic rings. The van der Waals surface area contributed by atoms with Crippen LogP contribution in [0.3, 0.4) is 0 Å². The van der Waals surface area contributed by atoms with E-state index in [1.165, 1.54) is 0 Å². The van der Waals surface area contributed by atoms with E-state index in [4.69, 9.17) is 9.84 Å². The minimum absolute atomic E-state index is 0.00297. The van der Waals surface area contributed by atoms with E-state index >= 15 is 0 Å². The fourth-order valence-corrected chi connectivity index (χ4v) is 2.89.